The Balaban J connectivity index is 1.74. The number of pyridine rings is 1. The fraction of sp³-hybridized carbons (Fsp3) is 0.263. The number of carbonyl (C=O) groups excluding carboxylic acids is 1. The third kappa shape index (κ3) is 4.97. The van der Waals surface area contributed by atoms with E-state index in [1.165, 1.54) is 18.3 Å². The Morgan fingerprint density at radius 2 is 1.83 bits per heavy atom. The fourth-order valence-electron chi connectivity index (χ4n) is 2.77. The highest BCUT2D eigenvalue weighted by Crippen LogP contribution is 2.34. The molecule has 0 amide bonds. The Kier molecular flexibility index (Phi) is 6.03. The zero-order chi connectivity index (χ0) is 21.4. The minimum absolute atomic E-state index is 0.122. The second kappa shape index (κ2) is 8.05. The SMILES string of the molecule is Cc1cc(OCCc2ccc(C(F)(F)F)cc2)nc2c(C(=O)C(Cl)(Cl)Cl)c[nH]c12. The van der Waals surface area contributed by atoms with Gasteiger partial charge in [-0.15, -0.1) is 0 Å². The molecule has 154 valence electrons. The number of rotatable bonds is 5. The van der Waals surface area contributed by atoms with E-state index in [0.29, 0.717) is 23.0 Å². The lowest BCUT2D eigenvalue weighted by molar-refractivity contribution is -0.137. The highest BCUT2D eigenvalue weighted by Gasteiger charge is 2.34. The first-order chi connectivity index (χ1) is 13.5. The van der Waals surface area contributed by atoms with Gasteiger partial charge in [0, 0.05) is 18.7 Å². The maximum absolute atomic E-state index is 12.6. The molecule has 0 saturated heterocycles. The number of ketones is 1. The highest BCUT2D eigenvalue weighted by atomic mass is 35.6. The number of alkyl halides is 6. The number of aromatic nitrogens is 2. The van der Waals surface area contributed by atoms with E-state index in [0.717, 1.165) is 17.7 Å². The molecule has 4 nitrogen and oxygen atoms in total. The Bertz CT molecular complexity index is 1040. The number of ether oxygens (including phenoxy) is 1. The Morgan fingerprint density at radius 3 is 2.41 bits per heavy atom. The number of nitrogens with one attached hydrogen (secondary N) is 1. The van der Waals surface area contributed by atoms with Gasteiger partial charge in [0.05, 0.1) is 23.3 Å². The van der Waals surface area contributed by atoms with Crippen molar-refractivity contribution in [3.63, 3.8) is 0 Å². The third-order valence-corrected chi connectivity index (χ3v) is 4.75. The predicted octanol–water partition coefficient (Wildman–Crippen LogP) is 6.06. The molecule has 0 unspecified atom stereocenters. The first-order valence-electron chi connectivity index (χ1n) is 8.36. The molecule has 10 heteroatoms. The van der Waals surface area contributed by atoms with E-state index in [2.05, 4.69) is 9.97 Å². The van der Waals surface area contributed by atoms with E-state index in [9.17, 15) is 18.0 Å². The number of nitrogens with zero attached hydrogens (tertiary/aromatic N) is 1. The number of hydrogen-bond donors (Lipinski definition) is 1. The van der Waals surface area contributed by atoms with Gasteiger partial charge < -0.3 is 9.72 Å². The van der Waals surface area contributed by atoms with Crippen molar-refractivity contribution in [1.29, 1.82) is 0 Å². The van der Waals surface area contributed by atoms with E-state index in [1.54, 1.807) is 13.0 Å². The zero-order valence-corrected chi connectivity index (χ0v) is 17.2. The molecule has 0 bridgehead atoms. The lowest BCUT2D eigenvalue weighted by atomic mass is 10.1. The lowest BCUT2D eigenvalue weighted by Crippen LogP contribution is -2.18. The van der Waals surface area contributed by atoms with Crippen molar-refractivity contribution in [2.45, 2.75) is 23.3 Å². The monoisotopic (exact) mass is 464 g/mol. The van der Waals surface area contributed by atoms with Crippen LogP contribution in [-0.4, -0.2) is 26.2 Å². The van der Waals surface area contributed by atoms with Crippen LogP contribution < -0.4 is 4.74 Å². The first kappa shape index (κ1) is 21.7. The van der Waals surface area contributed by atoms with Gasteiger partial charge in [-0.25, -0.2) is 4.98 Å². The van der Waals surface area contributed by atoms with Crippen LogP contribution >= 0.6 is 34.8 Å². The van der Waals surface area contributed by atoms with Crippen LogP contribution in [0.5, 0.6) is 5.88 Å². The van der Waals surface area contributed by atoms with Gasteiger partial charge in [0.15, 0.2) is 0 Å². The summed E-state index contributed by atoms with van der Waals surface area (Å²) in [4.78, 5) is 19.5. The van der Waals surface area contributed by atoms with Crippen molar-refractivity contribution in [3.8, 4) is 5.88 Å². The van der Waals surface area contributed by atoms with Crippen molar-refractivity contribution in [3.05, 3.63) is 58.8 Å². The van der Waals surface area contributed by atoms with Crippen LogP contribution in [0, 0.1) is 6.92 Å². The summed E-state index contributed by atoms with van der Waals surface area (Å²) in [6.07, 6.45) is -2.57. The molecule has 1 aromatic carbocycles. The summed E-state index contributed by atoms with van der Waals surface area (Å²) in [5, 5.41) is 0. The third-order valence-electron chi connectivity index (χ3n) is 4.23. The maximum Gasteiger partial charge on any atom is 0.416 e. The van der Waals surface area contributed by atoms with Gasteiger partial charge in [-0.2, -0.15) is 13.2 Å². The zero-order valence-electron chi connectivity index (χ0n) is 14.9. The lowest BCUT2D eigenvalue weighted by Gasteiger charge is -2.10. The largest absolute Gasteiger partial charge is 0.477 e. The topological polar surface area (TPSA) is 55.0 Å². The van der Waals surface area contributed by atoms with Gasteiger partial charge in [-0.1, -0.05) is 46.9 Å². The summed E-state index contributed by atoms with van der Waals surface area (Å²) in [7, 11) is 0. The number of fused-ring (bicyclic) bond motifs is 1. The molecule has 1 N–H and O–H groups in total. The number of aromatic amines is 1. The average molecular weight is 466 g/mol. The molecule has 0 spiro atoms. The number of carbonyl (C=O) groups is 1. The molecule has 2 heterocycles. The van der Waals surface area contributed by atoms with Crippen molar-refractivity contribution in [2.24, 2.45) is 0 Å². The average Bonchev–Trinajstić information content (AvgIpc) is 3.04. The van der Waals surface area contributed by atoms with Gasteiger partial charge in [0.25, 0.3) is 3.79 Å². The van der Waals surface area contributed by atoms with E-state index < -0.39 is 21.3 Å². The van der Waals surface area contributed by atoms with Crippen molar-refractivity contribution >= 4 is 51.6 Å². The van der Waals surface area contributed by atoms with E-state index in [-0.39, 0.29) is 18.1 Å². The molecule has 0 aliphatic rings. The van der Waals surface area contributed by atoms with Crippen molar-refractivity contribution < 1.29 is 22.7 Å². The summed E-state index contributed by atoms with van der Waals surface area (Å²) in [5.41, 5.74) is 1.79. The summed E-state index contributed by atoms with van der Waals surface area (Å²) in [6.45, 7) is 1.98. The number of benzene rings is 1. The fourth-order valence-corrected chi connectivity index (χ4v) is 3.07. The molecule has 0 radical (unpaired) electrons. The normalized spacial score (nSPS) is 12.4. The van der Waals surface area contributed by atoms with Gasteiger partial charge in [-0.05, 0) is 30.2 Å². The molecule has 2 aromatic heterocycles. The Hall–Kier alpha value is -1.96. The molecule has 3 rings (SSSR count). The molecular formula is C19H14Cl3F3N2O2. The van der Waals surface area contributed by atoms with Crippen LogP contribution in [0.3, 0.4) is 0 Å². The van der Waals surface area contributed by atoms with Crippen LogP contribution in [0.2, 0.25) is 0 Å². The highest BCUT2D eigenvalue weighted by molar-refractivity contribution is 6.77. The molecule has 0 aliphatic carbocycles. The van der Waals surface area contributed by atoms with Crippen LogP contribution in [0.4, 0.5) is 13.2 Å². The predicted molar refractivity (Wildman–Crippen MR) is 106 cm³/mol. The molecule has 3 aromatic rings. The minimum Gasteiger partial charge on any atom is -0.477 e. The summed E-state index contributed by atoms with van der Waals surface area (Å²) < 4.78 is 41.3. The number of hydrogen-bond acceptors (Lipinski definition) is 3. The van der Waals surface area contributed by atoms with Gasteiger partial charge in [-0.3, -0.25) is 4.79 Å². The molecule has 29 heavy (non-hydrogen) atoms. The van der Waals surface area contributed by atoms with Crippen molar-refractivity contribution in [1.82, 2.24) is 9.97 Å². The Labute approximate surface area is 178 Å². The minimum atomic E-state index is -4.37. The second-order valence-electron chi connectivity index (χ2n) is 6.32. The van der Waals surface area contributed by atoms with Gasteiger partial charge in [0.2, 0.25) is 11.7 Å². The van der Waals surface area contributed by atoms with E-state index >= 15 is 0 Å². The van der Waals surface area contributed by atoms with E-state index in [4.69, 9.17) is 39.5 Å². The number of aryl methyl sites for hydroxylation is 1. The molecular weight excluding hydrogens is 452 g/mol. The number of H-pyrrole nitrogens is 1. The van der Waals surface area contributed by atoms with E-state index in [1.807, 2.05) is 0 Å². The van der Waals surface area contributed by atoms with Gasteiger partial charge >= 0.3 is 6.18 Å². The number of Topliss-reactive ketones (excluding diaryl/α,β-unsaturated/α-hetero) is 1. The summed E-state index contributed by atoms with van der Waals surface area (Å²) in [6, 6.07) is 6.53. The second-order valence-corrected chi connectivity index (χ2v) is 8.60. The smallest absolute Gasteiger partial charge is 0.416 e. The quantitative estimate of drug-likeness (QED) is 0.368. The summed E-state index contributed by atoms with van der Waals surface area (Å²) >= 11 is 17.1. The first-order valence-corrected chi connectivity index (χ1v) is 9.49. The van der Waals surface area contributed by atoms with Crippen LogP contribution in [0.15, 0.2) is 36.5 Å². The molecule has 0 fully saturated rings. The standard InChI is InChI=1S/C19H14Cl3F3N2O2/c1-10-8-14(27-16-13(9-26-15(10)16)17(28)18(20,21)22)29-7-6-11-2-4-12(5-3-11)19(23,24)25/h2-5,8-9,26H,6-7H2,1H3. The maximum atomic E-state index is 12.6. The van der Waals surface area contributed by atoms with Crippen LogP contribution in [0.1, 0.15) is 27.0 Å². The van der Waals surface area contributed by atoms with Crippen LogP contribution in [0.25, 0.3) is 11.0 Å². The molecule has 0 atom stereocenters. The summed E-state index contributed by atoms with van der Waals surface area (Å²) in [5.74, 6) is -0.470. The van der Waals surface area contributed by atoms with Crippen molar-refractivity contribution in [2.75, 3.05) is 6.61 Å². The number of halogens is 6. The van der Waals surface area contributed by atoms with Gasteiger partial charge in [0.1, 0.15) is 5.52 Å². The molecule has 0 aliphatic heterocycles. The Morgan fingerprint density at radius 1 is 1.17 bits per heavy atom. The van der Waals surface area contributed by atoms with Crippen LogP contribution in [-0.2, 0) is 12.6 Å². The molecule has 0 saturated carbocycles.